The highest BCUT2D eigenvalue weighted by Crippen LogP contribution is 2.36. The van der Waals surface area contributed by atoms with Gasteiger partial charge in [-0.25, -0.2) is 9.97 Å². The number of rotatable bonds is 3. The standard InChI is InChI=1S/C22H25N3O/c1-16-4-6-18(7-5-16)19-8-9-21-20(14-19)17(2)25(12-13-26-21)15-22-23-10-3-11-24-22/h3,6,8-11,14,16H,2,4-5,7,12-13,15H2,1H3. The number of aromatic nitrogens is 2. The Labute approximate surface area is 155 Å². The third-order valence-electron chi connectivity index (χ3n) is 5.29. The summed E-state index contributed by atoms with van der Waals surface area (Å²) >= 11 is 0. The van der Waals surface area contributed by atoms with E-state index in [1.165, 1.54) is 24.0 Å². The van der Waals surface area contributed by atoms with Crippen molar-refractivity contribution in [2.75, 3.05) is 13.2 Å². The molecule has 26 heavy (non-hydrogen) atoms. The van der Waals surface area contributed by atoms with Gasteiger partial charge in [-0.2, -0.15) is 0 Å². The van der Waals surface area contributed by atoms with E-state index < -0.39 is 0 Å². The average Bonchev–Trinajstić information content (AvgIpc) is 2.82. The molecule has 0 bridgehead atoms. The lowest BCUT2D eigenvalue weighted by Gasteiger charge is -2.24. The van der Waals surface area contributed by atoms with Crippen LogP contribution in [0.3, 0.4) is 0 Å². The SMILES string of the molecule is C=C1c2cc(C3=CCC(C)CC3)ccc2OCCN1Cc1ncccn1. The van der Waals surface area contributed by atoms with Gasteiger partial charge in [0.25, 0.3) is 0 Å². The summed E-state index contributed by atoms with van der Waals surface area (Å²) in [7, 11) is 0. The van der Waals surface area contributed by atoms with Gasteiger partial charge in [-0.05, 0) is 54.5 Å². The van der Waals surface area contributed by atoms with Gasteiger partial charge in [-0.15, -0.1) is 0 Å². The summed E-state index contributed by atoms with van der Waals surface area (Å²) in [5.74, 6) is 2.51. The van der Waals surface area contributed by atoms with Gasteiger partial charge < -0.3 is 9.64 Å². The molecule has 134 valence electrons. The third-order valence-corrected chi connectivity index (χ3v) is 5.29. The fraction of sp³-hybridized carbons (Fsp3) is 0.364. The summed E-state index contributed by atoms with van der Waals surface area (Å²) in [4.78, 5) is 10.9. The molecule has 2 heterocycles. The van der Waals surface area contributed by atoms with Crippen LogP contribution >= 0.6 is 0 Å². The molecule has 2 aliphatic rings. The fourth-order valence-electron chi connectivity index (χ4n) is 3.64. The molecule has 1 aliphatic heterocycles. The summed E-state index contributed by atoms with van der Waals surface area (Å²) in [5.41, 5.74) is 4.80. The van der Waals surface area contributed by atoms with Crippen LogP contribution in [-0.2, 0) is 6.54 Å². The number of nitrogens with zero attached hydrogens (tertiary/aromatic N) is 3. The third kappa shape index (κ3) is 3.50. The second-order valence-electron chi connectivity index (χ2n) is 7.20. The highest BCUT2D eigenvalue weighted by atomic mass is 16.5. The summed E-state index contributed by atoms with van der Waals surface area (Å²) < 4.78 is 5.98. The number of hydrogen-bond acceptors (Lipinski definition) is 4. The molecule has 0 saturated carbocycles. The number of fused-ring (bicyclic) bond motifs is 1. The first-order chi connectivity index (χ1) is 12.7. The van der Waals surface area contributed by atoms with Crippen molar-refractivity contribution >= 4 is 11.3 Å². The van der Waals surface area contributed by atoms with Crippen LogP contribution < -0.4 is 4.74 Å². The summed E-state index contributed by atoms with van der Waals surface area (Å²) in [5, 5.41) is 0. The van der Waals surface area contributed by atoms with Gasteiger partial charge in [0.1, 0.15) is 18.2 Å². The van der Waals surface area contributed by atoms with E-state index in [1.807, 2.05) is 6.07 Å². The minimum absolute atomic E-state index is 0.637. The minimum Gasteiger partial charge on any atom is -0.491 e. The molecule has 0 fully saturated rings. The van der Waals surface area contributed by atoms with Crippen LogP contribution in [0.5, 0.6) is 5.75 Å². The predicted octanol–water partition coefficient (Wildman–Crippen LogP) is 4.55. The topological polar surface area (TPSA) is 38.2 Å². The van der Waals surface area contributed by atoms with Crippen LogP contribution in [0.15, 0.2) is 49.3 Å². The molecule has 1 aromatic carbocycles. The maximum absolute atomic E-state index is 5.98. The molecule has 4 nitrogen and oxygen atoms in total. The molecule has 4 heteroatoms. The van der Waals surface area contributed by atoms with E-state index in [9.17, 15) is 0 Å². The Kier molecular flexibility index (Phi) is 4.74. The van der Waals surface area contributed by atoms with Gasteiger partial charge in [0.15, 0.2) is 0 Å². The maximum Gasteiger partial charge on any atom is 0.147 e. The smallest absolute Gasteiger partial charge is 0.147 e. The average molecular weight is 347 g/mol. The fourth-order valence-corrected chi connectivity index (χ4v) is 3.64. The molecular formula is C22H25N3O. The predicted molar refractivity (Wildman–Crippen MR) is 104 cm³/mol. The van der Waals surface area contributed by atoms with Gasteiger partial charge >= 0.3 is 0 Å². The molecule has 2 aromatic rings. The first kappa shape index (κ1) is 16.8. The highest BCUT2D eigenvalue weighted by molar-refractivity contribution is 5.75. The monoisotopic (exact) mass is 347 g/mol. The highest BCUT2D eigenvalue weighted by Gasteiger charge is 2.21. The Morgan fingerprint density at radius 3 is 2.88 bits per heavy atom. The van der Waals surface area contributed by atoms with Gasteiger partial charge in [-0.3, -0.25) is 0 Å². The summed E-state index contributed by atoms with van der Waals surface area (Å²) in [6.07, 6.45) is 9.53. The van der Waals surface area contributed by atoms with E-state index >= 15 is 0 Å². The Morgan fingerprint density at radius 2 is 2.12 bits per heavy atom. The normalized spacial score (nSPS) is 20.0. The van der Waals surface area contributed by atoms with Gasteiger partial charge in [0.2, 0.25) is 0 Å². The van der Waals surface area contributed by atoms with Crippen molar-refractivity contribution in [3.8, 4) is 5.75 Å². The Bertz CT molecular complexity index is 829. The van der Waals surface area contributed by atoms with E-state index in [4.69, 9.17) is 4.74 Å². The molecule has 1 atom stereocenters. The lowest BCUT2D eigenvalue weighted by molar-refractivity contribution is 0.269. The maximum atomic E-state index is 5.98. The molecule has 1 aliphatic carbocycles. The second kappa shape index (κ2) is 7.32. The van der Waals surface area contributed by atoms with Gasteiger partial charge in [-0.1, -0.05) is 25.6 Å². The van der Waals surface area contributed by atoms with E-state index in [2.05, 4.69) is 52.6 Å². The van der Waals surface area contributed by atoms with Crippen molar-refractivity contribution in [3.63, 3.8) is 0 Å². The van der Waals surface area contributed by atoms with Crippen LogP contribution in [0.4, 0.5) is 0 Å². The van der Waals surface area contributed by atoms with Crippen molar-refractivity contribution < 1.29 is 4.74 Å². The first-order valence-corrected chi connectivity index (χ1v) is 9.37. The van der Waals surface area contributed by atoms with Crippen molar-refractivity contribution in [2.45, 2.75) is 32.7 Å². The lowest BCUT2D eigenvalue weighted by Crippen LogP contribution is -2.25. The lowest BCUT2D eigenvalue weighted by atomic mass is 9.87. The molecule has 1 aromatic heterocycles. The Morgan fingerprint density at radius 1 is 1.27 bits per heavy atom. The first-order valence-electron chi connectivity index (χ1n) is 9.37. The molecular weight excluding hydrogens is 322 g/mol. The zero-order valence-corrected chi connectivity index (χ0v) is 15.3. The molecule has 1 unspecified atom stereocenters. The van der Waals surface area contributed by atoms with Gasteiger partial charge in [0.05, 0.1) is 13.1 Å². The summed E-state index contributed by atoms with van der Waals surface area (Å²) in [6.45, 7) is 8.75. The molecule has 0 saturated heterocycles. The van der Waals surface area contributed by atoms with Crippen LogP contribution in [0, 0.1) is 5.92 Å². The number of ether oxygens (including phenoxy) is 1. The Balaban J connectivity index is 1.61. The number of allylic oxidation sites excluding steroid dienone is 2. The quantitative estimate of drug-likeness (QED) is 0.817. The summed E-state index contributed by atoms with van der Waals surface area (Å²) in [6, 6.07) is 8.36. The van der Waals surface area contributed by atoms with Crippen molar-refractivity contribution in [1.29, 1.82) is 0 Å². The van der Waals surface area contributed by atoms with Crippen LogP contribution in [0.2, 0.25) is 0 Å². The molecule has 0 spiro atoms. The van der Waals surface area contributed by atoms with Crippen molar-refractivity contribution in [2.24, 2.45) is 5.92 Å². The number of benzene rings is 1. The van der Waals surface area contributed by atoms with E-state index in [0.717, 1.165) is 41.7 Å². The van der Waals surface area contributed by atoms with E-state index in [-0.39, 0.29) is 0 Å². The Hall–Kier alpha value is -2.62. The van der Waals surface area contributed by atoms with Crippen LogP contribution in [-0.4, -0.2) is 28.0 Å². The second-order valence-corrected chi connectivity index (χ2v) is 7.20. The van der Waals surface area contributed by atoms with E-state index in [1.54, 1.807) is 12.4 Å². The van der Waals surface area contributed by atoms with Crippen molar-refractivity contribution in [3.05, 3.63) is 66.3 Å². The van der Waals surface area contributed by atoms with Crippen LogP contribution in [0.1, 0.15) is 43.1 Å². The minimum atomic E-state index is 0.637. The molecule has 4 rings (SSSR count). The largest absolute Gasteiger partial charge is 0.491 e. The van der Waals surface area contributed by atoms with E-state index in [0.29, 0.717) is 13.2 Å². The number of hydrogen-bond donors (Lipinski definition) is 0. The van der Waals surface area contributed by atoms with Crippen molar-refractivity contribution in [1.82, 2.24) is 14.9 Å². The molecule has 0 N–H and O–H groups in total. The van der Waals surface area contributed by atoms with Gasteiger partial charge in [0, 0.05) is 23.7 Å². The molecule has 0 amide bonds. The zero-order valence-electron chi connectivity index (χ0n) is 15.3. The van der Waals surface area contributed by atoms with Crippen LogP contribution in [0.25, 0.3) is 11.3 Å². The zero-order chi connectivity index (χ0) is 17.9. The molecule has 0 radical (unpaired) electrons.